The first-order valence-electron chi connectivity index (χ1n) is 9.55. The number of nitrogens with one attached hydrogen (secondary N) is 2. The summed E-state index contributed by atoms with van der Waals surface area (Å²) in [6.07, 6.45) is 0.282. The molecule has 33 heavy (non-hydrogen) atoms. The van der Waals surface area contributed by atoms with Gasteiger partial charge in [-0.2, -0.15) is 13.2 Å². The van der Waals surface area contributed by atoms with Gasteiger partial charge in [0, 0.05) is 35.4 Å². The number of alkyl halides is 3. The molecule has 0 saturated heterocycles. The van der Waals surface area contributed by atoms with Crippen molar-refractivity contribution in [3.8, 4) is 11.3 Å². The highest BCUT2D eigenvalue weighted by molar-refractivity contribution is 6.06. The van der Waals surface area contributed by atoms with Crippen molar-refractivity contribution in [2.24, 2.45) is 0 Å². The SMILES string of the molecule is Nc1nc(C(F)(F)F)ccc1NC(=O)c1cccc(Nc2ncc(-c3ccccn3)cn2)c1. The van der Waals surface area contributed by atoms with Crippen molar-refractivity contribution in [1.29, 1.82) is 0 Å². The number of hydrogen-bond donors (Lipinski definition) is 3. The molecule has 0 aliphatic carbocycles. The second kappa shape index (κ2) is 8.91. The quantitative estimate of drug-likeness (QED) is 0.408. The van der Waals surface area contributed by atoms with Crippen molar-refractivity contribution < 1.29 is 18.0 Å². The summed E-state index contributed by atoms with van der Waals surface area (Å²) in [5, 5.41) is 5.45. The van der Waals surface area contributed by atoms with E-state index in [1.807, 2.05) is 18.2 Å². The molecule has 0 bridgehead atoms. The van der Waals surface area contributed by atoms with Gasteiger partial charge in [-0.15, -0.1) is 0 Å². The van der Waals surface area contributed by atoms with Crippen LogP contribution in [-0.4, -0.2) is 25.8 Å². The third-order valence-electron chi connectivity index (χ3n) is 4.46. The molecule has 4 aromatic rings. The van der Waals surface area contributed by atoms with Crippen LogP contribution < -0.4 is 16.4 Å². The predicted octanol–water partition coefficient (Wildman–Crippen LogP) is 4.53. The highest BCUT2D eigenvalue weighted by atomic mass is 19.4. The normalized spacial score (nSPS) is 11.1. The molecule has 166 valence electrons. The van der Waals surface area contributed by atoms with Crippen LogP contribution in [0, 0.1) is 0 Å². The summed E-state index contributed by atoms with van der Waals surface area (Å²) in [5.74, 6) is -0.699. The molecule has 0 aliphatic heterocycles. The molecule has 3 heterocycles. The van der Waals surface area contributed by atoms with Gasteiger partial charge >= 0.3 is 6.18 Å². The van der Waals surface area contributed by atoms with E-state index in [1.165, 1.54) is 0 Å². The fourth-order valence-corrected chi connectivity index (χ4v) is 2.86. The van der Waals surface area contributed by atoms with Gasteiger partial charge in [-0.1, -0.05) is 12.1 Å². The monoisotopic (exact) mass is 451 g/mol. The Hall–Kier alpha value is -4.54. The van der Waals surface area contributed by atoms with Gasteiger partial charge in [0.15, 0.2) is 0 Å². The summed E-state index contributed by atoms with van der Waals surface area (Å²) in [7, 11) is 0. The highest BCUT2D eigenvalue weighted by Gasteiger charge is 2.33. The second-order valence-corrected chi connectivity index (χ2v) is 6.80. The fourth-order valence-electron chi connectivity index (χ4n) is 2.86. The van der Waals surface area contributed by atoms with E-state index in [-0.39, 0.29) is 11.3 Å². The zero-order chi connectivity index (χ0) is 23.4. The Bertz CT molecular complexity index is 1280. The largest absolute Gasteiger partial charge is 0.433 e. The molecule has 4 N–H and O–H groups in total. The number of carbonyl (C=O) groups excluding carboxylic acids is 1. The number of nitrogens with two attached hydrogens (primary N) is 1. The van der Waals surface area contributed by atoms with Crippen molar-refractivity contribution in [1.82, 2.24) is 19.9 Å². The topological polar surface area (TPSA) is 119 Å². The van der Waals surface area contributed by atoms with Gasteiger partial charge in [0.2, 0.25) is 5.95 Å². The molecule has 0 spiro atoms. The number of nitrogens with zero attached hydrogens (tertiary/aromatic N) is 4. The number of pyridine rings is 2. The van der Waals surface area contributed by atoms with E-state index in [0.29, 0.717) is 11.6 Å². The molecule has 3 aromatic heterocycles. The number of nitrogen functional groups attached to an aromatic ring is 1. The Morgan fingerprint density at radius 2 is 1.73 bits per heavy atom. The Labute approximate surface area is 185 Å². The Morgan fingerprint density at radius 1 is 0.939 bits per heavy atom. The van der Waals surface area contributed by atoms with Crippen LogP contribution in [0.4, 0.5) is 36.3 Å². The molecule has 8 nitrogen and oxygen atoms in total. The van der Waals surface area contributed by atoms with Gasteiger partial charge in [0.05, 0.1) is 11.4 Å². The molecule has 0 unspecified atom stereocenters. The van der Waals surface area contributed by atoms with Crippen LogP contribution in [-0.2, 0) is 6.18 Å². The Balaban J connectivity index is 1.46. The molecule has 0 saturated carbocycles. The summed E-state index contributed by atoms with van der Waals surface area (Å²) in [6, 6.07) is 13.7. The molecule has 4 rings (SSSR count). The average Bonchev–Trinajstić information content (AvgIpc) is 2.81. The molecule has 0 radical (unpaired) electrons. The van der Waals surface area contributed by atoms with E-state index in [1.54, 1.807) is 42.9 Å². The molecule has 0 aliphatic rings. The van der Waals surface area contributed by atoms with E-state index < -0.39 is 23.6 Å². The molecule has 1 aromatic carbocycles. The minimum atomic E-state index is -4.63. The van der Waals surface area contributed by atoms with E-state index in [4.69, 9.17) is 5.73 Å². The van der Waals surface area contributed by atoms with Crippen LogP contribution in [0.5, 0.6) is 0 Å². The summed E-state index contributed by atoms with van der Waals surface area (Å²) in [4.78, 5) is 28.6. The Morgan fingerprint density at radius 3 is 2.39 bits per heavy atom. The summed E-state index contributed by atoms with van der Waals surface area (Å²) in [5.41, 5.74) is 6.66. The van der Waals surface area contributed by atoms with Crippen molar-refractivity contribution in [2.75, 3.05) is 16.4 Å². The van der Waals surface area contributed by atoms with Crippen molar-refractivity contribution in [3.63, 3.8) is 0 Å². The lowest BCUT2D eigenvalue weighted by Gasteiger charge is -2.11. The van der Waals surface area contributed by atoms with Crippen LogP contribution in [0.2, 0.25) is 0 Å². The molecular weight excluding hydrogens is 435 g/mol. The number of hydrogen-bond acceptors (Lipinski definition) is 7. The van der Waals surface area contributed by atoms with Crippen molar-refractivity contribution in [3.05, 3.63) is 84.4 Å². The molecule has 11 heteroatoms. The molecular formula is C22H16F3N7O. The molecule has 0 fully saturated rings. The van der Waals surface area contributed by atoms with Gasteiger partial charge in [-0.3, -0.25) is 9.78 Å². The van der Waals surface area contributed by atoms with Gasteiger partial charge in [-0.25, -0.2) is 15.0 Å². The lowest BCUT2D eigenvalue weighted by molar-refractivity contribution is -0.141. The zero-order valence-corrected chi connectivity index (χ0v) is 16.8. The van der Waals surface area contributed by atoms with E-state index >= 15 is 0 Å². The maximum absolute atomic E-state index is 12.7. The number of rotatable bonds is 5. The standard InChI is InChI=1S/C22H16F3N7O/c23-22(24,25)18-8-7-17(19(26)32-18)31-20(33)13-4-3-5-15(10-13)30-21-28-11-14(12-29-21)16-6-1-2-9-27-16/h1-12H,(H2,26,32)(H,31,33)(H,28,29,30). The van der Waals surface area contributed by atoms with E-state index in [2.05, 4.69) is 30.6 Å². The number of amides is 1. The van der Waals surface area contributed by atoms with Crippen LogP contribution in [0.1, 0.15) is 16.1 Å². The number of anilines is 4. The number of halogens is 3. The number of benzene rings is 1. The minimum Gasteiger partial charge on any atom is -0.382 e. The maximum Gasteiger partial charge on any atom is 0.433 e. The summed E-state index contributed by atoms with van der Waals surface area (Å²) in [6.45, 7) is 0. The molecule has 0 atom stereocenters. The number of aromatic nitrogens is 4. The maximum atomic E-state index is 12.7. The van der Waals surface area contributed by atoms with E-state index in [0.717, 1.165) is 23.4 Å². The third kappa shape index (κ3) is 5.21. The lowest BCUT2D eigenvalue weighted by atomic mass is 10.2. The van der Waals surface area contributed by atoms with Crippen LogP contribution in [0.25, 0.3) is 11.3 Å². The average molecular weight is 451 g/mol. The zero-order valence-electron chi connectivity index (χ0n) is 16.8. The van der Waals surface area contributed by atoms with Crippen molar-refractivity contribution >= 4 is 29.0 Å². The fraction of sp³-hybridized carbons (Fsp3) is 0.0455. The Kier molecular flexibility index (Phi) is 5.85. The second-order valence-electron chi connectivity index (χ2n) is 6.80. The van der Waals surface area contributed by atoms with Crippen molar-refractivity contribution in [2.45, 2.75) is 6.18 Å². The first-order valence-corrected chi connectivity index (χ1v) is 9.55. The molecule has 1 amide bonds. The summed E-state index contributed by atoms with van der Waals surface area (Å²) < 4.78 is 38.2. The van der Waals surface area contributed by atoms with Crippen LogP contribution in [0.15, 0.2) is 73.2 Å². The van der Waals surface area contributed by atoms with Gasteiger partial charge in [0.1, 0.15) is 11.5 Å². The first-order chi connectivity index (χ1) is 15.8. The van der Waals surface area contributed by atoms with Crippen LogP contribution in [0.3, 0.4) is 0 Å². The highest BCUT2D eigenvalue weighted by Crippen LogP contribution is 2.30. The minimum absolute atomic E-state index is 0.0280. The smallest absolute Gasteiger partial charge is 0.382 e. The van der Waals surface area contributed by atoms with Gasteiger partial charge in [0.25, 0.3) is 5.91 Å². The van der Waals surface area contributed by atoms with Gasteiger partial charge in [-0.05, 0) is 42.5 Å². The van der Waals surface area contributed by atoms with Gasteiger partial charge < -0.3 is 16.4 Å². The summed E-state index contributed by atoms with van der Waals surface area (Å²) >= 11 is 0. The van der Waals surface area contributed by atoms with E-state index in [9.17, 15) is 18.0 Å². The third-order valence-corrected chi connectivity index (χ3v) is 4.46. The van der Waals surface area contributed by atoms with Crippen LogP contribution >= 0.6 is 0 Å². The first kappa shape index (κ1) is 21.7. The lowest BCUT2D eigenvalue weighted by Crippen LogP contribution is -2.16. The predicted molar refractivity (Wildman–Crippen MR) is 117 cm³/mol. The number of carbonyl (C=O) groups is 1.